The molecule has 0 amide bonds. The van der Waals surface area contributed by atoms with E-state index in [1.54, 1.807) is 0 Å². The van der Waals surface area contributed by atoms with Gasteiger partial charge in [-0.2, -0.15) is 13.2 Å². The predicted molar refractivity (Wildman–Crippen MR) is 72.5 cm³/mol. The zero-order valence-electron chi connectivity index (χ0n) is 10.7. The van der Waals surface area contributed by atoms with Crippen LogP contribution in [0, 0.1) is 0 Å². The van der Waals surface area contributed by atoms with Crippen molar-refractivity contribution in [1.82, 2.24) is 14.9 Å². The van der Waals surface area contributed by atoms with Crippen molar-refractivity contribution < 1.29 is 13.2 Å². The minimum atomic E-state index is -4.61. The third-order valence-corrected chi connectivity index (χ3v) is 3.86. The van der Waals surface area contributed by atoms with Crippen LogP contribution < -0.4 is 10.9 Å². The first kappa shape index (κ1) is 14.3. The van der Waals surface area contributed by atoms with Gasteiger partial charge in [0.05, 0.1) is 22.5 Å². The lowest BCUT2D eigenvalue weighted by Crippen LogP contribution is -2.29. The maximum Gasteiger partial charge on any atom is 0.417 e. The summed E-state index contributed by atoms with van der Waals surface area (Å²) in [4.78, 5) is 16.5. The number of nitrogens with one attached hydrogen (secondary N) is 1. The molecule has 1 aliphatic rings. The van der Waals surface area contributed by atoms with Gasteiger partial charge in [-0.15, -0.1) is 0 Å². The summed E-state index contributed by atoms with van der Waals surface area (Å²) in [7, 11) is 0. The molecule has 112 valence electrons. The Morgan fingerprint density at radius 1 is 1.38 bits per heavy atom. The van der Waals surface area contributed by atoms with Crippen molar-refractivity contribution in [3.63, 3.8) is 0 Å². The lowest BCUT2D eigenvalue weighted by molar-refractivity contribution is -0.136. The second-order valence-corrected chi connectivity index (χ2v) is 5.24. The minimum absolute atomic E-state index is 0.0398. The van der Waals surface area contributed by atoms with Crippen LogP contribution in [0.25, 0.3) is 10.9 Å². The number of hydrogen-bond acceptors (Lipinski definition) is 3. The molecule has 1 unspecified atom stereocenters. The highest BCUT2D eigenvalue weighted by molar-refractivity contribution is 6.28. The van der Waals surface area contributed by atoms with Gasteiger partial charge in [0.15, 0.2) is 0 Å². The highest BCUT2D eigenvalue weighted by atomic mass is 35.5. The molecule has 0 spiro atoms. The predicted octanol–water partition coefficient (Wildman–Crippen LogP) is 2.60. The van der Waals surface area contributed by atoms with E-state index in [0.717, 1.165) is 10.6 Å². The Morgan fingerprint density at radius 3 is 2.76 bits per heavy atom. The first-order chi connectivity index (χ1) is 9.89. The molecule has 1 aromatic heterocycles. The number of fused-ring (bicyclic) bond motifs is 1. The molecule has 0 radical (unpaired) electrons. The van der Waals surface area contributed by atoms with Crippen molar-refractivity contribution in [2.24, 2.45) is 0 Å². The largest absolute Gasteiger partial charge is 0.417 e. The van der Waals surface area contributed by atoms with Crippen molar-refractivity contribution in [1.29, 1.82) is 0 Å². The fraction of sp³-hybridized carbons (Fsp3) is 0.385. The summed E-state index contributed by atoms with van der Waals surface area (Å²) < 4.78 is 40.4. The highest BCUT2D eigenvalue weighted by Crippen LogP contribution is 2.33. The van der Waals surface area contributed by atoms with Crippen LogP contribution in [0.1, 0.15) is 18.0 Å². The fourth-order valence-corrected chi connectivity index (χ4v) is 2.93. The smallest absolute Gasteiger partial charge is 0.315 e. The SMILES string of the molecule is O=c1c2c(C(F)(F)F)cccc2nc(Cl)n1C1CCNC1. The summed E-state index contributed by atoms with van der Waals surface area (Å²) in [5.74, 6) is 0. The molecule has 0 bridgehead atoms. The van der Waals surface area contributed by atoms with Gasteiger partial charge in [-0.05, 0) is 36.7 Å². The molecule has 2 heterocycles. The standard InChI is InChI=1S/C13H11ClF3N3O/c14-12-19-9-3-1-2-8(13(15,16)17)10(9)11(21)20(12)7-4-5-18-6-7/h1-3,7,18H,4-6H2. The number of aromatic nitrogens is 2. The zero-order valence-corrected chi connectivity index (χ0v) is 11.5. The van der Waals surface area contributed by atoms with Gasteiger partial charge in [-0.25, -0.2) is 4.98 Å². The summed E-state index contributed by atoms with van der Waals surface area (Å²) in [5.41, 5.74) is -1.76. The summed E-state index contributed by atoms with van der Waals surface area (Å²) in [6.45, 7) is 1.17. The zero-order chi connectivity index (χ0) is 15.2. The van der Waals surface area contributed by atoms with Crippen LogP contribution >= 0.6 is 11.6 Å². The van der Waals surface area contributed by atoms with Crippen molar-refractivity contribution in [3.05, 3.63) is 39.4 Å². The van der Waals surface area contributed by atoms with E-state index in [-0.39, 0.29) is 16.8 Å². The second kappa shape index (κ2) is 4.99. The first-order valence-corrected chi connectivity index (χ1v) is 6.76. The molecule has 3 rings (SSSR count). The van der Waals surface area contributed by atoms with Crippen LogP contribution in [-0.2, 0) is 6.18 Å². The Bertz CT molecular complexity index is 751. The topological polar surface area (TPSA) is 46.9 Å². The molecule has 1 saturated heterocycles. The van der Waals surface area contributed by atoms with Gasteiger partial charge in [0.25, 0.3) is 5.56 Å². The molecule has 1 aromatic carbocycles. The lowest BCUT2D eigenvalue weighted by Gasteiger charge is -2.17. The van der Waals surface area contributed by atoms with E-state index < -0.39 is 22.7 Å². The molecular formula is C13H11ClF3N3O. The van der Waals surface area contributed by atoms with Gasteiger partial charge in [0.1, 0.15) is 0 Å². The lowest BCUT2D eigenvalue weighted by atomic mass is 10.1. The summed E-state index contributed by atoms with van der Waals surface area (Å²) in [6.07, 6.45) is -3.99. The highest BCUT2D eigenvalue weighted by Gasteiger charge is 2.35. The molecule has 0 aliphatic carbocycles. The van der Waals surface area contributed by atoms with Gasteiger partial charge < -0.3 is 5.32 Å². The van der Waals surface area contributed by atoms with Gasteiger partial charge >= 0.3 is 6.18 Å². The average molecular weight is 318 g/mol. The number of benzene rings is 1. The Labute approximate surface area is 122 Å². The Morgan fingerprint density at radius 2 is 2.14 bits per heavy atom. The monoisotopic (exact) mass is 317 g/mol. The molecule has 0 saturated carbocycles. The Hall–Kier alpha value is -1.60. The molecular weight excluding hydrogens is 307 g/mol. The van der Waals surface area contributed by atoms with Crippen LogP contribution in [0.5, 0.6) is 0 Å². The van der Waals surface area contributed by atoms with E-state index in [9.17, 15) is 18.0 Å². The third kappa shape index (κ3) is 2.40. The fourth-order valence-electron chi connectivity index (χ4n) is 2.63. The van der Waals surface area contributed by atoms with Crippen LogP contribution in [-0.4, -0.2) is 22.6 Å². The molecule has 1 aliphatic heterocycles. The molecule has 8 heteroatoms. The van der Waals surface area contributed by atoms with Crippen LogP contribution in [0.3, 0.4) is 0 Å². The van der Waals surface area contributed by atoms with E-state index in [1.807, 2.05) is 0 Å². The van der Waals surface area contributed by atoms with E-state index in [4.69, 9.17) is 11.6 Å². The van der Waals surface area contributed by atoms with Crippen molar-refractivity contribution in [2.75, 3.05) is 13.1 Å². The van der Waals surface area contributed by atoms with E-state index in [2.05, 4.69) is 10.3 Å². The summed E-state index contributed by atoms with van der Waals surface area (Å²) in [5, 5.41) is 2.54. The Kier molecular flexibility index (Phi) is 3.41. The minimum Gasteiger partial charge on any atom is -0.315 e. The number of rotatable bonds is 1. The van der Waals surface area contributed by atoms with Gasteiger partial charge in [0.2, 0.25) is 5.28 Å². The van der Waals surface area contributed by atoms with Crippen molar-refractivity contribution >= 4 is 22.5 Å². The molecule has 1 N–H and O–H groups in total. The van der Waals surface area contributed by atoms with E-state index in [0.29, 0.717) is 19.5 Å². The maximum absolute atomic E-state index is 13.1. The number of nitrogens with zero attached hydrogens (tertiary/aromatic N) is 2. The molecule has 1 fully saturated rings. The summed E-state index contributed by atoms with van der Waals surface area (Å²) in [6, 6.07) is 3.18. The second-order valence-electron chi connectivity index (χ2n) is 4.90. The van der Waals surface area contributed by atoms with Crippen LogP contribution in [0.4, 0.5) is 13.2 Å². The molecule has 4 nitrogen and oxygen atoms in total. The van der Waals surface area contributed by atoms with Crippen LogP contribution in [0.15, 0.2) is 23.0 Å². The van der Waals surface area contributed by atoms with Gasteiger partial charge in [-0.3, -0.25) is 9.36 Å². The third-order valence-electron chi connectivity index (χ3n) is 3.59. The van der Waals surface area contributed by atoms with E-state index in [1.165, 1.54) is 12.1 Å². The van der Waals surface area contributed by atoms with Crippen molar-refractivity contribution in [2.45, 2.75) is 18.6 Å². The van der Waals surface area contributed by atoms with Gasteiger partial charge in [0, 0.05) is 6.54 Å². The first-order valence-electron chi connectivity index (χ1n) is 6.38. The van der Waals surface area contributed by atoms with Crippen molar-refractivity contribution in [3.8, 4) is 0 Å². The molecule has 1 atom stereocenters. The quantitative estimate of drug-likeness (QED) is 0.822. The number of alkyl halides is 3. The number of hydrogen-bond donors (Lipinski definition) is 1. The normalized spacial score (nSPS) is 19.3. The van der Waals surface area contributed by atoms with Gasteiger partial charge in [-0.1, -0.05) is 6.07 Å². The van der Waals surface area contributed by atoms with E-state index >= 15 is 0 Å². The molecule has 21 heavy (non-hydrogen) atoms. The summed E-state index contributed by atoms with van der Waals surface area (Å²) >= 11 is 6.00. The average Bonchev–Trinajstić information content (AvgIpc) is 2.90. The van der Waals surface area contributed by atoms with Crippen LogP contribution in [0.2, 0.25) is 5.28 Å². The number of halogens is 4. The Balaban J connectivity index is 2.34. The maximum atomic E-state index is 13.1. The molecule has 2 aromatic rings.